The molecule has 3 aromatic rings. The summed E-state index contributed by atoms with van der Waals surface area (Å²) >= 11 is 0. The molecular weight excluding hydrogens is 447 g/mol. The van der Waals surface area contributed by atoms with Gasteiger partial charge in [0, 0.05) is 43.6 Å². The topological polar surface area (TPSA) is 77.2 Å². The first-order valence-electron chi connectivity index (χ1n) is 12.5. The molecule has 9 heteroatoms. The van der Waals surface area contributed by atoms with E-state index in [1.807, 2.05) is 19.9 Å². The summed E-state index contributed by atoms with van der Waals surface area (Å²) in [7, 11) is 0. The molecule has 1 aliphatic heterocycles. The van der Waals surface area contributed by atoms with E-state index in [2.05, 4.69) is 15.2 Å². The van der Waals surface area contributed by atoms with Gasteiger partial charge in [0.15, 0.2) is 0 Å². The van der Waals surface area contributed by atoms with Crippen LogP contribution in [-0.2, 0) is 11.3 Å². The number of rotatable bonds is 6. The van der Waals surface area contributed by atoms with Gasteiger partial charge in [-0.1, -0.05) is 0 Å². The molecule has 1 aliphatic carbocycles. The molecule has 0 radical (unpaired) electrons. The number of hydrogen-bond acceptors (Lipinski definition) is 6. The monoisotopic (exact) mass is 480 g/mol. The van der Waals surface area contributed by atoms with Crippen LogP contribution in [0.4, 0.5) is 10.3 Å². The summed E-state index contributed by atoms with van der Waals surface area (Å²) in [6.07, 6.45) is 6.17. The van der Waals surface area contributed by atoms with E-state index in [-0.39, 0.29) is 11.5 Å². The minimum Gasteiger partial charge on any atom is -0.379 e. The lowest BCUT2D eigenvalue weighted by molar-refractivity contribution is 0.00790. The fourth-order valence-electron chi connectivity index (χ4n) is 5.42. The SMILES string of the molecule is CCn1c(C)c(-c2ccnc(NC3CCC(N4CCOCC4)CC3)n2)n(-c2ccc(F)cc2)c1=O. The Morgan fingerprint density at radius 1 is 1.09 bits per heavy atom. The van der Waals surface area contributed by atoms with Gasteiger partial charge in [-0.3, -0.25) is 14.0 Å². The van der Waals surface area contributed by atoms with Crippen molar-refractivity contribution in [2.45, 2.75) is 58.2 Å². The number of benzene rings is 1. The molecule has 1 saturated heterocycles. The molecule has 0 spiro atoms. The largest absolute Gasteiger partial charge is 0.379 e. The van der Waals surface area contributed by atoms with Crippen LogP contribution in [0.1, 0.15) is 38.3 Å². The van der Waals surface area contributed by atoms with Crippen molar-refractivity contribution in [1.29, 1.82) is 0 Å². The third-order valence-electron chi connectivity index (χ3n) is 7.28. The van der Waals surface area contributed by atoms with Gasteiger partial charge >= 0.3 is 5.69 Å². The Labute approximate surface area is 204 Å². The van der Waals surface area contributed by atoms with E-state index in [4.69, 9.17) is 9.72 Å². The van der Waals surface area contributed by atoms with Crippen molar-refractivity contribution in [3.63, 3.8) is 0 Å². The van der Waals surface area contributed by atoms with E-state index >= 15 is 0 Å². The van der Waals surface area contributed by atoms with E-state index in [0.717, 1.165) is 57.7 Å². The highest BCUT2D eigenvalue weighted by atomic mass is 19.1. The lowest BCUT2D eigenvalue weighted by atomic mass is 9.90. The minimum absolute atomic E-state index is 0.166. The maximum absolute atomic E-state index is 13.6. The molecule has 3 heterocycles. The smallest absolute Gasteiger partial charge is 0.333 e. The Kier molecular flexibility index (Phi) is 6.97. The van der Waals surface area contributed by atoms with Crippen molar-refractivity contribution in [3.8, 4) is 17.1 Å². The molecule has 186 valence electrons. The van der Waals surface area contributed by atoms with Crippen LogP contribution in [0.25, 0.3) is 17.1 Å². The van der Waals surface area contributed by atoms with Gasteiger partial charge in [-0.2, -0.15) is 0 Å². The van der Waals surface area contributed by atoms with Crippen molar-refractivity contribution in [1.82, 2.24) is 24.0 Å². The zero-order valence-electron chi connectivity index (χ0n) is 20.4. The summed E-state index contributed by atoms with van der Waals surface area (Å²) in [5, 5.41) is 3.53. The van der Waals surface area contributed by atoms with Gasteiger partial charge < -0.3 is 10.1 Å². The van der Waals surface area contributed by atoms with Crippen molar-refractivity contribution in [2.75, 3.05) is 31.6 Å². The molecule has 0 unspecified atom stereocenters. The van der Waals surface area contributed by atoms with Crippen LogP contribution in [0.5, 0.6) is 0 Å². The molecule has 5 rings (SSSR count). The second kappa shape index (κ2) is 10.3. The number of imidazole rings is 1. The molecule has 2 fully saturated rings. The molecule has 1 aromatic carbocycles. The fraction of sp³-hybridized carbons (Fsp3) is 0.500. The lowest BCUT2D eigenvalue weighted by Gasteiger charge is -2.38. The second-order valence-electron chi connectivity index (χ2n) is 9.34. The predicted molar refractivity (Wildman–Crippen MR) is 133 cm³/mol. The number of halogens is 1. The predicted octanol–water partition coefficient (Wildman–Crippen LogP) is 3.62. The number of aromatic nitrogens is 4. The zero-order valence-corrected chi connectivity index (χ0v) is 20.4. The lowest BCUT2D eigenvalue weighted by Crippen LogP contribution is -2.46. The van der Waals surface area contributed by atoms with Crippen molar-refractivity contribution in [3.05, 3.63) is 58.5 Å². The van der Waals surface area contributed by atoms with Crippen LogP contribution in [-0.4, -0.2) is 62.4 Å². The first kappa shape index (κ1) is 23.7. The molecular formula is C26H33FN6O2. The highest BCUT2D eigenvalue weighted by Crippen LogP contribution is 2.28. The molecule has 35 heavy (non-hydrogen) atoms. The van der Waals surface area contributed by atoms with E-state index in [1.54, 1.807) is 27.5 Å². The highest BCUT2D eigenvalue weighted by molar-refractivity contribution is 5.62. The van der Waals surface area contributed by atoms with Gasteiger partial charge in [-0.25, -0.2) is 19.2 Å². The number of hydrogen-bond donors (Lipinski definition) is 1. The summed E-state index contributed by atoms with van der Waals surface area (Å²) in [5.74, 6) is 0.228. The molecule has 1 saturated carbocycles. The molecule has 8 nitrogen and oxygen atoms in total. The maximum atomic E-state index is 13.6. The Bertz CT molecular complexity index is 1210. The van der Waals surface area contributed by atoms with Crippen molar-refractivity contribution >= 4 is 5.95 Å². The van der Waals surface area contributed by atoms with Gasteiger partial charge in [0.25, 0.3) is 0 Å². The fourth-order valence-corrected chi connectivity index (χ4v) is 5.42. The zero-order chi connectivity index (χ0) is 24.4. The number of nitrogens with zero attached hydrogens (tertiary/aromatic N) is 5. The first-order valence-corrected chi connectivity index (χ1v) is 12.5. The normalized spacial score (nSPS) is 21.2. The number of nitrogens with one attached hydrogen (secondary N) is 1. The summed E-state index contributed by atoms with van der Waals surface area (Å²) in [5.41, 5.74) is 2.62. The van der Waals surface area contributed by atoms with Gasteiger partial charge in [-0.05, 0) is 69.9 Å². The summed E-state index contributed by atoms with van der Waals surface area (Å²) in [4.78, 5) is 25.1. The number of morpholine rings is 1. The standard InChI is InChI=1S/C26H33FN6O2/c1-3-32-18(2)24(33(26(32)34)22-8-4-19(27)5-9-22)23-12-13-28-25(30-23)29-20-6-10-21(11-7-20)31-14-16-35-17-15-31/h4-5,8-9,12-13,20-21H,3,6-7,10-11,14-17H2,1-2H3,(H,28,29,30). The van der Waals surface area contributed by atoms with Crippen LogP contribution >= 0.6 is 0 Å². The Morgan fingerprint density at radius 2 is 1.80 bits per heavy atom. The molecule has 2 aromatic heterocycles. The third-order valence-corrected chi connectivity index (χ3v) is 7.28. The average molecular weight is 481 g/mol. The van der Waals surface area contributed by atoms with Crippen molar-refractivity contribution < 1.29 is 9.13 Å². The van der Waals surface area contributed by atoms with Gasteiger partial charge in [0.1, 0.15) is 5.82 Å². The molecule has 0 bridgehead atoms. The van der Waals surface area contributed by atoms with Crippen LogP contribution < -0.4 is 11.0 Å². The minimum atomic E-state index is -0.341. The van der Waals surface area contributed by atoms with Gasteiger partial charge in [0.2, 0.25) is 5.95 Å². The Hall–Kier alpha value is -3.04. The first-order chi connectivity index (χ1) is 17.0. The highest BCUT2D eigenvalue weighted by Gasteiger charge is 2.27. The van der Waals surface area contributed by atoms with Crippen LogP contribution in [0.3, 0.4) is 0 Å². The average Bonchev–Trinajstić information content (AvgIpc) is 3.14. The van der Waals surface area contributed by atoms with E-state index in [0.29, 0.717) is 41.7 Å². The summed E-state index contributed by atoms with van der Waals surface area (Å²) < 4.78 is 22.4. The molecule has 2 aliphatic rings. The van der Waals surface area contributed by atoms with Gasteiger partial charge in [-0.15, -0.1) is 0 Å². The molecule has 0 amide bonds. The Morgan fingerprint density at radius 3 is 2.49 bits per heavy atom. The number of ether oxygens (including phenoxy) is 1. The van der Waals surface area contributed by atoms with Crippen molar-refractivity contribution in [2.24, 2.45) is 0 Å². The van der Waals surface area contributed by atoms with Gasteiger partial charge in [0.05, 0.1) is 30.3 Å². The summed E-state index contributed by atoms with van der Waals surface area (Å²) in [6.45, 7) is 8.12. The van der Waals surface area contributed by atoms with E-state index in [1.165, 1.54) is 12.1 Å². The third kappa shape index (κ3) is 4.88. The second-order valence-corrected chi connectivity index (χ2v) is 9.34. The van der Waals surface area contributed by atoms with Crippen LogP contribution in [0.2, 0.25) is 0 Å². The quantitative estimate of drug-likeness (QED) is 0.581. The summed E-state index contributed by atoms with van der Waals surface area (Å²) in [6, 6.07) is 8.74. The molecule has 0 atom stereocenters. The van der Waals surface area contributed by atoms with E-state index in [9.17, 15) is 9.18 Å². The van der Waals surface area contributed by atoms with E-state index < -0.39 is 0 Å². The Balaban J connectivity index is 1.37. The number of anilines is 1. The van der Waals surface area contributed by atoms with Crippen LogP contribution in [0, 0.1) is 12.7 Å². The molecule has 1 N–H and O–H groups in total. The van der Waals surface area contributed by atoms with Crippen LogP contribution in [0.15, 0.2) is 41.3 Å². The maximum Gasteiger partial charge on any atom is 0.333 e.